The first-order chi connectivity index (χ1) is 16.1. The molecule has 1 aromatic carbocycles. The molecule has 1 saturated heterocycles. The number of H-pyrrole nitrogens is 1. The third-order valence-electron chi connectivity index (χ3n) is 5.73. The first-order valence-corrected chi connectivity index (χ1v) is 11.5. The summed E-state index contributed by atoms with van der Waals surface area (Å²) < 4.78 is 13.8. The van der Waals surface area contributed by atoms with E-state index < -0.39 is 0 Å². The smallest absolute Gasteiger partial charge is 0.268 e. The van der Waals surface area contributed by atoms with Crippen LogP contribution in [0.3, 0.4) is 0 Å². The van der Waals surface area contributed by atoms with Gasteiger partial charge in [-0.15, -0.1) is 11.3 Å². The van der Waals surface area contributed by atoms with E-state index in [2.05, 4.69) is 25.8 Å². The standard InChI is InChI=1S/C24H21FN6OS/c25-18-6-4-16(5-7-18)20-13-19-22(33-20)24(32)29-21(28-19)15-30-9-2-10-31(12-11-30)23-17(14-26)3-1-8-27-23/h1,3-8,13H,2,9-12,15H2,(H,28,29,32). The normalized spacial score (nSPS) is 14.8. The molecule has 9 heteroatoms. The highest BCUT2D eigenvalue weighted by molar-refractivity contribution is 7.22. The molecular weight excluding hydrogens is 439 g/mol. The number of aromatic nitrogens is 3. The van der Waals surface area contributed by atoms with Crippen LogP contribution in [-0.4, -0.2) is 46.0 Å². The molecule has 0 atom stereocenters. The van der Waals surface area contributed by atoms with Gasteiger partial charge in [-0.05, 0) is 42.3 Å². The topological polar surface area (TPSA) is 88.9 Å². The van der Waals surface area contributed by atoms with Crippen molar-refractivity contribution in [2.75, 3.05) is 31.1 Å². The number of nitrogens with zero attached hydrogens (tertiary/aromatic N) is 5. The molecule has 4 aromatic rings. The summed E-state index contributed by atoms with van der Waals surface area (Å²) in [6, 6.07) is 13.9. The van der Waals surface area contributed by atoms with Crippen molar-refractivity contribution >= 4 is 27.4 Å². The minimum Gasteiger partial charge on any atom is -0.354 e. The molecule has 0 saturated carbocycles. The molecule has 1 aliphatic heterocycles. The van der Waals surface area contributed by atoms with Gasteiger partial charge in [0.25, 0.3) is 5.56 Å². The summed E-state index contributed by atoms with van der Waals surface area (Å²) in [6.07, 6.45) is 2.63. The SMILES string of the molecule is N#Cc1cccnc1N1CCCN(Cc2nc3cc(-c4ccc(F)cc4)sc3c(=O)[nH]2)CC1. The molecule has 0 spiro atoms. The Hall–Kier alpha value is -3.61. The van der Waals surface area contributed by atoms with E-state index >= 15 is 0 Å². The Morgan fingerprint density at radius 3 is 2.82 bits per heavy atom. The Bertz CT molecular complexity index is 1390. The molecule has 0 aliphatic carbocycles. The zero-order valence-electron chi connectivity index (χ0n) is 17.8. The predicted octanol–water partition coefficient (Wildman–Crippen LogP) is 3.77. The van der Waals surface area contributed by atoms with Crippen LogP contribution in [0.4, 0.5) is 10.2 Å². The van der Waals surface area contributed by atoms with Gasteiger partial charge in [0.2, 0.25) is 0 Å². The number of pyridine rings is 1. The summed E-state index contributed by atoms with van der Waals surface area (Å²) in [5, 5.41) is 9.38. The molecule has 4 heterocycles. The van der Waals surface area contributed by atoms with Gasteiger partial charge in [-0.1, -0.05) is 12.1 Å². The van der Waals surface area contributed by atoms with Crippen molar-refractivity contribution in [2.45, 2.75) is 13.0 Å². The lowest BCUT2D eigenvalue weighted by atomic mass is 10.2. The van der Waals surface area contributed by atoms with Gasteiger partial charge in [0.05, 0.1) is 17.6 Å². The average Bonchev–Trinajstić information content (AvgIpc) is 3.13. The first kappa shape index (κ1) is 21.2. The van der Waals surface area contributed by atoms with E-state index in [9.17, 15) is 14.4 Å². The fourth-order valence-electron chi connectivity index (χ4n) is 4.11. The number of thiophene rings is 1. The third-order valence-corrected chi connectivity index (χ3v) is 6.90. The maximum Gasteiger partial charge on any atom is 0.268 e. The van der Waals surface area contributed by atoms with E-state index in [1.54, 1.807) is 30.5 Å². The number of fused-ring (bicyclic) bond motifs is 1. The zero-order valence-corrected chi connectivity index (χ0v) is 18.6. The lowest BCUT2D eigenvalue weighted by molar-refractivity contribution is 0.278. The fourth-order valence-corrected chi connectivity index (χ4v) is 5.11. The van der Waals surface area contributed by atoms with Gasteiger partial charge in [0.15, 0.2) is 0 Å². The van der Waals surface area contributed by atoms with Gasteiger partial charge in [0.1, 0.15) is 28.2 Å². The first-order valence-electron chi connectivity index (χ1n) is 10.7. The number of rotatable bonds is 4. The second-order valence-electron chi connectivity index (χ2n) is 7.95. The minimum absolute atomic E-state index is 0.156. The van der Waals surface area contributed by atoms with E-state index in [1.807, 2.05) is 6.07 Å². The van der Waals surface area contributed by atoms with Gasteiger partial charge in [-0.2, -0.15) is 5.26 Å². The van der Waals surface area contributed by atoms with Gasteiger partial charge in [0, 0.05) is 37.3 Å². The molecule has 166 valence electrons. The van der Waals surface area contributed by atoms with Crippen molar-refractivity contribution in [3.05, 3.63) is 76.2 Å². The highest BCUT2D eigenvalue weighted by atomic mass is 32.1. The van der Waals surface area contributed by atoms with Crippen LogP contribution in [0.2, 0.25) is 0 Å². The van der Waals surface area contributed by atoms with Gasteiger partial charge < -0.3 is 9.88 Å². The molecule has 0 bridgehead atoms. The van der Waals surface area contributed by atoms with E-state index in [-0.39, 0.29) is 11.4 Å². The summed E-state index contributed by atoms with van der Waals surface area (Å²) in [4.78, 5) is 30.0. The second-order valence-corrected chi connectivity index (χ2v) is 9.00. The molecule has 5 rings (SSSR count). The molecular formula is C24H21FN6OS. The van der Waals surface area contributed by atoms with Crippen LogP contribution in [-0.2, 0) is 6.54 Å². The molecule has 7 nitrogen and oxygen atoms in total. The van der Waals surface area contributed by atoms with Crippen molar-refractivity contribution in [3.8, 4) is 16.5 Å². The molecule has 3 aromatic heterocycles. The van der Waals surface area contributed by atoms with E-state index in [1.165, 1.54) is 23.5 Å². The van der Waals surface area contributed by atoms with Gasteiger partial charge in [-0.3, -0.25) is 9.69 Å². The number of halogens is 1. The number of hydrogen-bond acceptors (Lipinski definition) is 7. The molecule has 33 heavy (non-hydrogen) atoms. The number of hydrogen-bond donors (Lipinski definition) is 1. The Labute approximate surface area is 193 Å². The van der Waals surface area contributed by atoms with Gasteiger partial charge >= 0.3 is 0 Å². The van der Waals surface area contributed by atoms with Crippen molar-refractivity contribution in [3.63, 3.8) is 0 Å². The molecule has 1 aliphatic rings. The molecule has 1 fully saturated rings. The maximum absolute atomic E-state index is 13.2. The van der Waals surface area contributed by atoms with Crippen molar-refractivity contribution in [1.82, 2.24) is 19.9 Å². The largest absolute Gasteiger partial charge is 0.354 e. The Morgan fingerprint density at radius 1 is 1.15 bits per heavy atom. The molecule has 0 amide bonds. The Kier molecular flexibility index (Phi) is 5.86. The second kappa shape index (κ2) is 9.10. The predicted molar refractivity (Wildman–Crippen MR) is 127 cm³/mol. The van der Waals surface area contributed by atoms with Crippen LogP contribution >= 0.6 is 11.3 Å². The van der Waals surface area contributed by atoms with Crippen LogP contribution in [0.5, 0.6) is 0 Å². The summed E-state index contributed by atoms with van der Waals surface area (Å²) in [7, 11) is 0. The van der Waals surface area contributed by atoms with Gasteiger partial charge in [-0.25, -0.2) is 14.4 Å². The summed E-state index contributed by atoms with van der Waals surface area (Å²) >= 11 is 1.36. The lowest BCUT2D eigenvalue weighted by Crippen LogP contribution is -2.32. The monoisotopic (exact) mass is 460 g/mol. The lowest BCUT2D eigenvalue weighted by Gasteiger charge is -2.23. The maximum atomic E-state index is 13.2. The van der Waals surface area contributed by atoms with E-state index in [0.717, 1.165) is 48.9 Å². The fraction of sp³-hybridized carbons (Fsp3) is 0.250. The summed E-state index contributed by atoms with van der Waals surface area (Å²) in [6.45, 7) is 3.72. The van der Waals surface area contributed by atoms with Crippen LogP contribution in [0, 0.1) is 17.1 Å². The highest BCUT2D eigenvalue weighted by Crippen LogP contribution is 2.31. The summed E-state index contributed by atoms with van der Waals surface area (Å²) in [5.74, 6) is 1.06. The number of anilines is 1. The van der Waals surface area contributed by atoms with Crippen molar-refractivity contribution < 1.29 is 4.39 Å². The Balaban J connectivity index is 1.33. The Morgan fingerprint density at radius 2 is 2.00 bits per heavy atom. The number of aromatic amines is 1. The number of nitrogens with one attached hydrogen (secondary N) is 1. The van der Waals surface area contributed by atoms with E-state index in [4.69, 9.17) is 4.98 Å². The molecule has 0 unspecified atom stereocenters. The van der Waals surface area contributed by atoms with Crippen LogP contribution in [0.25, 0.3) is 20.7 Å². The third kappa shape index (κ3) is 4.49. The molecule has 0 radical (unpaired) electrons. The van der Waals surface area contributed by atoms with Crippen molar-refractivity contribution in [1.29, 1.82) is 5.26 Å². The van der Waals surface area contributed by atoms with Crippen LogP contribution in [0.15, 0.2) is 53.5 Å². The quantitative estimate of drug-likeness (QED) is 0.499. The van der Waals surface area contributed by atoms with Crippen LogP contribution in [0.1, 0.15) is 17.8 Å². The van der Waals surface area contributed by atoms with Crippen molar-refractivity contribution in [2.24, 2.45) is 0 Å². The van der Waals surface area contributed by atoms with E-state index in [0.29, 0.717) is 28.1 Å². The average molecular weight is 461 g/mol. The van der Waals surface area contributed by atoms with Crippen LogP contribution < -0.4 is 10.5 Å². The molecule has 1 N–H and O–H groups in total. The number of benzene rings is 1. The number of nitriles is 1. The minimum atomic E-state index is -0.291. The highest BCUT2D eigenvalue weighted by Gasteiger charge is 2.19. The zero-order chi connectivity index (χ0) is 22.8. The summed E-state index contributed by atoms with van der Waals surface area (Å²) in [5.41, 5.74) is 1.94.